The van der Waals surface area contributed by atoms with E-state index in [2.05, 4.69) is 21.2 Å². The van der Waals surface area contributed by atoms with Crippen LogP contribution in [0.2, 0.25) is 0 Å². The monoisotopic (exact) mass is 365 g/mol. The molecule has 108 valence electrons. The Morgan fingerprint density at radius 2 is 2.00 bits per heavy atom. The number of halogens is 2. The topological polar surface area (TPSA) is 38.3 Å². The molecule has 1 amide bonds. The Balaban J connectivity index is 1.98. The number of fused-ring (bicyclic) bond motifs is 1. The Morgan fingerprint density at radius 3 is 2.81 bits per heavy atom. The number of carbonyl (C=O) groups excluding carboxylic acids is 1. The van der Waals surface area contributed by atoms with Crippen LogP contribution in [0.5, 0.6) is 5.75 Å². The smallest absolute Gasteiger partial charge is 0.255 e. The van der Waals surface area contributed by atoms with E-state index >= 15 is 0 Å². The molecular formula is C16H13BrClNO2. The number of alkyl halides is 1. The lowest BCUT2D eigenvalue weighted by Gasteiger charge is -2.13. The quantitative estimate of drug-likeness (QED) is 0.819. The van der Waals surface area contributed by atoms with Crippen molar-refractivity contribution >= 4 is 33.4 Å². The average molecular weight is 367 g/mol. The molecule has 1 N–H and O–H groups in total. The minimum Gasteiger partial charge on any atom is -0.491 e. The Labute approximate surface area is 136 Å². The number of ether oxygens (including phenoxy) is 1. The van der Waals surface area contributed by atoms with E-state index in [1.54, 1.807) is 6.07 Å². The van der Waals surface area contributed by atoms with Gasteiger partial charge in [-0.2, -0.15) is 0 Å². The van der Waals surface area contributed by atoms with E-state index < -0.39 is 0 Å². The summed E-state index contributed by atoms with van der Waals surface area (Å²) in [4.78, 5) is 12.0. The van der Waals surface area contributed by atoms with Gasteiger partial charge in [0.1, 0.15) is 12.4 Å². The maximum Gasteiger partial charge on any atom is 0.255 e. The van der Waals surface area contributed by atoms with Crippen LogP contribution >= 0.6 is 27.5 Å². The van der Waals surface area contributed by atoms with Gasteiger partial charge in [0.2, 0.25) is 0 Å². The van der Waals surface area contributed by atoms with Crippen LogP contribution in [0, 0.1) is 0 Å². The summed E-state index contributed by atoms with van der Waals surface area (Å²) in [5, 5.41) is 2.49. The first-order chi connectivity index (χ1) is 10.1. The van der Waals surface area contributed by atoms with Crippen molar-refractivity contribution in [1.82, 2.24) is 5.32 Å². The fourth-order valence-electron chi connectivity index (χ4n) is 2.29. The second-order valence-corrected chi connectivity index (χ2v) is 6.13. The van der Waals surface area contributed by atoms with Gasteiger partial charge in [0.25, 0.3) is 5.91 Å². The number of benzene rings is 2. The van der Waals surface area contributed by atoms with Crippen molar-refractivity contribution in [3.63, 3.8) is 0 Å². The van der Waals surface area contributed by atoms with Crippen LogP contribution in [-0.2, 0) is 0 Å². The zero-order valence-electron chi connectivity index (χ0n) is 11.1. The van der Waals surface area contributed by atoms with Crippen molar-refractivity contribution in [2.45, 2.75) is 5.38 Å². The Bertz CT molecular complexity index is 690. The van der Waals surface area contributed by atoms with Gasteiger partial charge in [0.05, 0.1) is 17.5 Å². The summed E-state index contributed by atoms with van der Waals surface area (Å²) in [5.41, 5.74) is 2.38. The predicted molar refractivity (Wildman–Crippen MR) is 86.1 cm³/mol. The highest BCUT2D eigenvalue weighted by Crippen LogP contribution is 2.33. The van der Waals surface area contributed by atoms with E-state index in [1.807, 2.05) is 36.4 Å². The summed E-state index contributed by atoms with van der Waals surface area (Å²) in [6.07, 6.45) is 0. The molecule has 0 aromatic heterocycles. The Kier molecular flexibility index (Phi) is 4.17. The standard InChI is InChI=1S/C16H13BrClNO2/c17-12-3-1-2-10(8-12)15(18)11-4-5-14-13(9-11)16(20)19-6-7-21-14/h1-5,8-9,15H,6-7H2,(H,19,20). The SMILES string of the molecule is O=C1NCCOc2ccc(C(Cl)c3cccc(Br)c3)cc21. The van der Waals surface area contributed by atoms with Gasteiger partial charge in [-0.15, -0.1) is 11.6 Å². The molecule has 0 spiro atoms. The molecule has 0 saturated carbocycles. The summed E-state index contributed by atoms with van der Waals surface area (Å²) < 4.78 is 6.52. The molecule has 1 unspecified atom stereocenters. The van der Waals surface area contributed by atoms with Crippen molar-refractivity contribution in [1.29, 1.82) is 0 Å². The Morgan fingerprint density at radius 1 is 1.19 bits per heavy atom. The van der Waals surface area contributed by atoms with E-state index in [1.165, 1.54) is 0 Å². The third-order valence-corrected chi connectivity index (χ3v) is 4.32. The first kappa shape index (κ1) is 14.4. The minimum atomic E-state index is -0.316. The van der Waals surface area contributed by atoms with Crippen molar-refractivity contribution < 1.29 is 9.53 Å². The summed E-state index contributed by atoms with van der Waals surface area (Å²) in [5.74, 6) is 0.481. The molecule has 0 aliphatic carbocycles. The van der Waals surface area contributed by atoms with Crippen LogP contribution in [-0.4, -0.2) is 19.1 Å². The van der Waals surface area contributed by atoms with Gasteiger partial charge in [0.15, 0.2) is 0 Å². The first-order valence-electron chi connectivity index (χ1n) is 6.59. The zero-order valence-corrected chi connectivity index (χ0v) is 13.4. The lowest BCUT2D eigenvalue weighted by atomic mass is 10.0. The van der Waals surface area contributed by atoms with Crippen LogP contribution in [0.25, 0.3) is 0 Å². The van der Waals surface area contributed by atoms with Gasteiger partial charge in [-0.05, 0) is 35.4 Å². The number of hydrogen-bond acceptors (Lipinski definition) is 2. The van der Waals surface area contributed by atoms with Gasteiger partial charge in [-0.25, -0.2) is 0 Å². The largest absolute Gasteiger partial charge is 0.491 e. The molecule has 21 heavy (non-hydrogen) atoms. The fourth-order valence-corrected chi connectivity index (χ4v) is 2.97. The Hall–Kier alpha value is -1.52. The number of amides is 1. The van der Waals surface area contributed by atoms with E-state index in [-0.39, 0.29) is 11.3 Å². The van der Waals surface area contributed by atoms with Gasteiger partial charge in [-0.1, -0.05) is 34.1 Å². The van der Waals surface area contributed by atoms with Crippen LogP contribution in [0.4, 0.5) is 0 Å². The molecule has 1 atom stereocenters. The molecule has 0 bridgehead atoms. The zero-order chi connectivity index (χ0) is 14.8. The highest BCUT2D eigenvalue weighted by Gasteiger charge is 2.19. The van der Waals surface area contributed by atoms with Crippen molar-refractivity contribution in [3.8, 4) is 5.75 Å². The third kappa shape index (κ3) is 3.06. The van der Waals surface area contributed by atoms with Crippen LogP contribution in [0.3, 0.4) is 0 Å². The number of nitrogens with one attached hydrogen (secondary N) is 1. The molecule has 3 rings (SSSR count). The van der Waals surface area contributed by atoms with Crippen molar-refractivity contribution in [3.05, 3.63) is 63.6 Å². The molecule has 0 radical (unpaired) electrons. The molecule has 2 aromatic carbocycles. The molecule has 0 saturated heterocycles. The van der Waals surface area contributed by atoms with Gasteiger partial charge >= 0.3 is 0 Å². The molecule has 0 fully saturated rings. The maximum absolute atomic E-state index is 12.0. The van der Waals surface area contributed by atoms with Gasteiger partial charge in [-0.3, -0.25) is 4.79 Å². The molecule has 2 aromatic rings. The van der Waals surface area contributed by atoms with Crippen molar-refractivity contribution in [2.24, 2.45) is 0 Å². The predicted octanol–water partition coefficient (Wildman–Crippen LogP) is 3.90. The van der Waals surface area contributed by atoms with Crippen LogP contribution in [0.15, 0.2) is 46.9 Å². The van der Waals surface area contributed by atoms with Crippen LogP contribution in [0.1, 0.15) is 26.9 Å². The van der Waals surface area contributed by atoms with Crippen molar-refractivity contribution in [2.75, 3.05) is 13.2 Å². The maximum atomic E-state index is 12.0. The highest BCUT2D eigenvalue weighted by atomic mass is 79.9. The summed E-state index contributed by atoms with van der Waals surface area (Å²) >= 11 is 9.98. The summed E-state index contributed by atoms with van der Waals surface area (Å²) in [6.45, 7) is 0.993. The molecule has 1 aliphatic heterocycles. The molecular weight excluding hydrogens is 354 g/mol. The van der Waals surface area contributed by atoms with Crippen LogP contribution < -0.4 is 10.1 Å². The lowest BCUT2D eigenvalue weighted by molar-refractivity contribution is 0.0957. The third-order valence-electron chi connectivity index (χ3n) is 3.33. The fraction of sp³-hybridized carbons (Fsp3) is 0.188. The second kappa shape index (κ2) is 6.08. The van der Waals surface area contributed by atoms with Gasteiger partial charge in [0, 0.05) is 4.47 Å². The van der Waals surface area contributed by atoms with E-state index in [0.717, 1.165) is 15.6 Å². The minimum absolute atomic E-state index is 0.123. The number of hydrogen-bond donors (Lipinski definition) is 1. The number of carbonyl (C=O) groups is 1. The van der Waals surface area contributed by atoms with Gasteiger partial charge < -0.3 is 10.1 Å². The van der Waals surface area contributed by atoms with E-state index in [4.69, 9.17) is 16.3 Å². The average Bonchev–Trinajstić information content (AvgIpc) is 2.68. The molecule has 3 nitrogen and oxygen atoms in total. The van der Waals surface area contributed by atoms with E-state index in [0.29, 0.717) is 24.5 Å². The second-order valence-electron chi connectivity index (χ2n) is 4.78. The highest BCUT2D eigenvalue weighted by molar-refractivity contribution is 9.10. The number of rotatable bonds is 2. The molecule has 1 aliphatic rings. The normalized spacial score (nSPS) is 15.4. The summed E-state index contributed by atoms with van der Waals surface area (Å²) in [7, 11) is 0. The van der Waals surface area contributed by atoms with E-state index in [9.17, 15) is 4.79 Å². The lowest BCUT2D eigenvalue weighted by Crippen LogP contribution is -2.24. The first-order valence-corrected chi connectivity index (χ1v) is 7.82. The molecule has 1 heterocycles. The summed E-state index contributed by atoms with van der Waals surface area (Å²) in [6, 6.07) is 13.3. The molecule has 5 heteroatoms.